The highest BCUT2D eigenvalue weighted by atomic mass is 32.1. The van der Waals surface area contributed by atoms with E-state index >= 15 is 0 Å². The molecule has 0 unspecified atom stereocenters. The van der Waals surface area contributed by atoms with E-state index in [-0.39, 0.29) is 18.1 Å². The third kappa shape index (κ3) is 2.61. The molecule has 4 aromatic rings. The number of nitrogens with zero attached hydrogens (tertiary/aromatic N) is 7. The third-order valence-electron chi connectivity index (χ3n) is 5.08. The van der Waals surface area contributed by atoms with Crippen LogP contribution >= 0.6 is 11.3 Å². The van der Waals surface area contributed by atoms with E-state index in [2.05, 4.69) is 22.1 Å². The van der Waals surface area contributed by atoms with Crippen LogP contribution in [-0.2, 0) is 19.4 Å². The fourth-order valence-corrected chi connectivity index (χ4v) is 5.09. The van der Waals surface area contributed by atoms with Crippen molar-refractivity contribution in [1.29, 1.82) is 0 Å². The van der Waals surface area contributed by atoms with Crippen LogP contribution in [0.25, 0.3) is 15.9 Å². The van der Waals surface area contributed by atoms with E-state index in [4.69, 9.17) is 9.72 Å². The van der Waals surface area contributed by atoms with Gasteiger partial charge in [-0.25, -0.2) is 14.5 Å². The summed E-state index contributed by atoms with van der Waals surface area (Å²) in [7, 11) is 1.35. The van der Waals surface area contributed by atoms with Crippen molar-refractivity contribution in [3.05, 3.63) is 38.9 Å². The number of aromatic nitrogens is 6. The van der Waals surface area contributed by atoms with Crippen molar-refractivity contribution < 1.29 is 9.66 Å². The summed E-state index contributed by atoms with van der Waals surface area (Å²) in [5, 5.41) is 20.8. The second-order valence-electron chi connectivity index (χ2n) is 7.05. The second kappa shape index (κ2) is 6.23. The van der Waals surface area contributed by atoms with Crippen molar-refractivity contribution in [2.24, 2.45) is 5.92 Å². The van der Waals surface area contributed by atoms with Crippen LogP contribution in [0.2, 0.25) is 0 Å². The molecule has 0 radical (unpaired) electrons. The zero-order valence-corrected chi connectivity index (χ0v) is 16.1. The molecule has 4 aromatic heterocycles. The molecular formula is C17H17N7O3S. The molecular weight excluding hydrogens is 382 g/mol. The minimum absolute atomic E-state index is 0.0288. The van der Waals surface area contributed by atoms with Gasteiger partial charge in [-0.3, -0.25) is 14.8 Å². The van der Waals surface area contributed by atoms with Crippen LogP contribution in [0, 0.1) is 16.0 Å². The van der Waals surface area contributed by atoms with Crippen molar-refractivity contribution in [2.75, 3.05) is 7.11 Å². The van der Waals surface area contributed by atoms with Crippen molar-refractivity contribution in [3.63, 3.8) is 0 Å². The third-order valence-corrected chi connectivity index (χ3v) is 6.24. The van der Waals surface area contributed by atoms with Gasteiger partial charge in [0.1, 0.15) is 23.9 Å². The molecule has 11 heteroatoms. The first-order valence-corrected chi connectivity index (χ1v) is 9.75. The lowest BCUT2D eigenvalue weighted by Gasteiger charge is -2.17. The van der Waals surface area contributed by atoms with E-state index in [9.17, 15) is 10.1 Å². The molecule has 4 heterocycles. The highest BCUT2D eigenvalue weighted by Crippen LogP contribution is 2.38. The number of rotatable bonds is 4. The smallest absolute Gasteiger partial charge is 0.350 e. The largest absolute Gasteiger partial charge is 0.475 e. The van der Waals surface area contributed by atoms with Crippen molar-refractivity contribution >= 4 is 32.9 Å². The maximum Gasteiger partial charge on any atom is 0.350 e. The van der Waals surface area contributed by atoms with Gasteiger partial charge in [0.15, 0.2) is 11.5 Å². The first-order chi connectivity index (χ1) is 13.5. The molecule has 0 bridgehead atoms. The SMILES string of the molecule is COc1nn(Cc2nc3c4c5c(sc4ncn3n2)C[C@H](C)CC5)cc1[N+](=O)[O-]. The van der Waals surface area contributed by atoms with Crippen molar-refractivity contribution in [3.8, 4) is 5.88 Å². The first-order valence-electron chi connectivity index (χ1n) is 8.94. The lowest BCUT2D eigenvalue weighted by molar-refractivity contribution is -0.385. The highest BCUT2D eigenvalue weighted by molar-refractivity contribution is 7.19. The second-order valence-corrected chi connectivity index (χ2v) is 8.13. The van der Waals surface area contributed by atoms with Crippen molar-refractivity contribution in [1.82, 2.24) is 29.4 Å². The van der Waals surface area contributed by atoms with Crippen molar-refractivity contribution in [2.45, 2.75) is 32.7 Å². The fourth-order valence-electron chi connectivity index (χ4n) is 3.74. The summed E-state index contributed by atoms with van der Waals surface area (Å²) >= 11 is 1.74. The summed E-state index contributed by atoms with van der Waals surface area (Å²) in [5.41, 5.74) is 1.93. The van der Waals surface area contributed by atoms with Crippen LogP contribution in [0.1, 0.15) is 29.6 Å². The number of ether oxygens (including phenoxy) is 1. The molecule has 1 aliphatic rings. The Labute approximate surface area is 162 Å². The number of methoxy groups -OCH3 is 1. The lowest BCUT2D eigenvalue weighted by Crippen LogP contribution is -2.08. The molecule has 0 amide bonds. The summed E-state index contributed by atoms with van der Waals surface area (Å²) < 4.78 is 8.07. The topological polar surface area (TPSA) is 113 Å². The monoisotopic (exact) mass is 399 g/mol. The van der Waals surface area contributed by atoms with Crippen LogP contribution in [0.15, 0.2) is 12.5 Å². The van der Waals surface area contributed by atoms with Gasteiger partial charge in [-0.15, -0.1) is 21.5 Å². The van der Waals surface area contributed by atoms with E-state index in [1.54, 1.807) is 22.2 Å². The number of hydrogen-bond acceptors (Lipinski definition) is 8. The predicted octanol–water partition coefficient (Wildman–Crippen LogP) is 2.63. The molecule has 0 N–H and O–H groups in total. The van der Waals surface area contributed by atoms with Gasteiger partial charge in [0.05, 0.1) is 17.4 Å². The first kappa shape index (κ1) is 17.0. The minimum Gasteiger partial charge on any atom is -0.475 e. The van der Waals surface area contributed by atoms with Crippen LogP contribution in [-0.4, -0.2) is 41.4 Å². The van der Waals surface area contributed by atoms with E-state index < -0.39 is 4.92 Å². The van der Waals surface area contributed by atoms with Gasteiger partial charge in [-0.1, -0.05) is 6.92 Å². The van der Waals surface area contributed by atoms with E-state index in [0.717, 1.165) is 35.1 Å². The Kier molecular flexibility index (Phi) is 3.79. The molecule has 0 spiro atoms. The van der Waals surface area contributed by atoms with Gasteiger partial charge in [-0.2, -0.15) is 0 Å². The molecule has 1 atom stereocenters. The predicted molar refractivity (Wildman–Crippen MR) is 102 cm³/mol. The highest BCUT2D eigenvalue weighted by Gasteiger charge is 2.24. The number of fused-ring (bicyclic) bond motifs is 5. The molecule has 5 rings (SSSR count). The van der Waals surface area contributed by atoms with E-state index in [0.29, 0.717) is 11.7 Å². The van der Waals surface area contributed by atoms with Gasteiger partial charge < -0.3 is 4.74 Å². The van der Waals surface area contributed by atoms with Crippen LogP contribution in [0.4, 0.5) is 5.69 Å². The maximum atomic E-state index is 11.1. The minimum atomic E-state index is -0.522. The molecule has 28 heavy (non-hydrogen) atoms. The molecule has 0 aliphatic heterocycles. The fraction of sp³-hybridized carbons (Fsp3) is 0.412. The Bertz CT molecular complexity index is 1220. The average molecular weight is 399 g/mol. The normalized spacial score (nSPS) is 16.6. The Morgan fingerprint density at radius 1 is 1.43 bits per heavy atom. The zero-order valence-electron chi connectivity index (χ0n) is 15.3. The summed E-state index contributed by atoms with van der Waals surface area (Å²) in [6.45, 7) is 2.49. The maximum absolute atomic E-state index is 11.1. The average Bonchev–Trinajstić information content (AvgIpc) is 3.34. The summed E-state index contributed by atoms with van der Waals surface area (Å²) in [5.74, 6) is 1.17. The van der Waals surface area contributed by atoms with Crippen LogP contribution in [0.3, 0.4) is 0 Å². The molecule has 1 aliphatic carbocycles. The van der Waals surface area contributed by atoms with Gasteiger partial charge in [0, 0.05) is 4.88 Å². The van der Waals surface area contributed by atoms with Crippen LogP contribution in [0.5, 0.6) is 5.88 Å². The Morgan fingerprint density at radius 2 is 2.29 bits per heavy atom. The number of nitro groups is 1. The number of thiophene rings is 1. The Morgan fingerprint density at radius 3 is 3.04 bits per heavy atom. The van der Waals surface area contributed by atoms with Gasteiger partial charge >= 0.3 is 11.6 Å². The standard InChI is InChI=1S/C17H17N7O3S/c1-9-3-4-10-12(5-9)28-17-14(10)15-19-13(20-23(15)8-18-17)7-22-6-11(24(25)26)16(21-22)27-2/h6,8-9H,3-5,7H2,1-2H3/t9-/m1/s1. The van der Waals surface area contributed by atoms with Crippen LogP contribution < -0.4 is 4.74 Å². The van der Waals surface area contributed by atoms with Gasteiger partial charge in [0.2, 0.25) is 0 Å². The lowest BCUT2D eigenvalue weighted by atomic mass is 9.89. The molecule has 0 fully saturated rings. The van der Waals surface area contributed by atoms with E-state index in [1.165, 1.54) is 28.4 Å². The summed E-state index contributed by atoms with van der Waals surface area (Å²) in [6, 6.07) is 0. The number of hydrogen-bond donors (Lipinski definition) is 0. The Hall–Kier alpha value is -3.08. The molecule has 0 saturated carbocycles. The molecule has 144 valence electrons. The number of aryl methyl sites for hydroxylation is 1. The molecule has 0 saturated heterocycles. The quantitative estimate of drug-likeness (QED) is 0.383. The Balaban J connectivity index is 1.57. The summed E-state index contributed by atoms with van der Waals surface area (Å²) in [4.78, 5) is 22.2. The van der Waals surface area contributed by atoms with Gasteiger partial charge in [0.25, 0.3) is 0 Å². The van der Waals surface area contributed by atoms with E-state index in [1.807, 2.05) is 0 Å². The zero-order chi connectivity index (χ0) is 19.4. The van der Waals surface area contributed by atoms with Gasteiger partial charge in [-0.05, 0) is 30.7 Å². The molecule has 0 aromatic carbocycles. The summed E-state index contributed by atoms with van der Waals surface area (Å²) in [6.07, 6.45) is 6.28. The molecule has 10 nitrogen and oxygen atoms in total.